The molecule has 0 unspecified atom stereocenters. The molecule has 11 nitrogen and oxygen atoms in total. The molecule has 0 saturated carbocycles. The van der Waals surface area contributed by atoms with Crippen LogP contribution in [0.3, 0.4) is 0 Å². The Morgan fingerprint density at radius 1 is 1.06 bits per heavy atom. The van der Waals surface area contributed by atoms with E-state index in [4.69, 9.17) is 5.11 Å². The standard InChI is InChI=1S/C24H23N5O6/c1-14-11-20(30)29(26-14)17-6-3-15(4-7-17)23(34)25-16-5-8-19-18(12-16)24(35)28(10-9-22(32)33)13-21(31)27(19)2/h3-8,12H,9-11,13H2,1-2H3,(H,25,34)(H,32,33). The molecule has 4 rings (SSSR count). The molecule has 35 heavy (non-hydrogen) atoms. The lowest BCUT2D eigenvalue weighted by Crippen LogP contribution is -2.38. The Hall–Kier alpha value is -4.54. The van der Waals surface area contributed by atoms with Crippen LogP contribution in [0.1, 0.15) is 40.5 Å². The average Bonchev–Trinajstić information content (AvgIpc) is 3.14. The Kier molecular flexibility index (Phi) is 6.32. The van der Waals surface area contributed by atoms with Crippen LogP contribution < -0.4 is 15.2 Å². The van der Waals surface area contributed by atoms with E-state index >= 15 is 0 Å². The van der Waals surface area contributed by atoms with Crippen molar-refractivity contribution in [2.24, 2.45) is 5.10 Å². The molecule has 2 aliphatic heterocycles. The Bertz CT molecular complexity index is 1270. The number of hydrazone groups is 1. The molecular weight excluding hydrogens is 454 g/mol. The molecule has 11 heteroatoms. The van der Waals surface area contributed by atoms with Gasteiger partial charge in [-0.25, -0.2) is 5.01 Å². The highest BCUT2D eigenvalue weighted by molar-refractivity contribution is 6.13. The zero-order valence-corrected chi connectivity index (χ0v) is 19.1. The van der Waals surface area contributed by atoms with Gasteiger partial charge in [0.15, 0.2) is 0 Å². The zero-order valence-electron chi connectivity index (χ0n) is 19.1. The number of hydrogen-bond donors (Lipinski definition) is 2. The second kappa shape index (κ2) is 9.37. The molecule has 2 aromatic carbocycles. The Labute approximate surface area is 200 Å². The van der Waals surface area contributed by atoms with Crippen LogP contribution in [0, 0.1) is 0 Å². The van der Waals surface area contributed by atoms with E-state index in [-0.39, 0.29) is 43.3 Å². The van der Waals surface area contributed by atoms with E-state index in [1.807, 2.05) is 0 Å². The minimum Gasteiger partial charge on any atom is -0.481 e. The maximum absolute atomic E-state index is 13.1. The quantitative estimate of drug-likeness (QED) is 0.652. The average molecular weight is 477 g/mol. The number of likely N-dealkylation sites (N-methyl/N-ethyl adjacent to an activating group) is 1. The third-order valence-corrected chi connectivity index (χ3v) is 5.72. The van der Waals surface area contributed by atoms with Crippen molar-refractivity contribution in [3.63, 3.8) is 0 Å². The van der Waals surface area contributed by atoms with E-state index in [1.54, 1.807) is 43.3 Å². The number of carbonyl (C=O) groups excluding carboxylic acids is 4. The highest BCUT2D eigenvalue weighted by Crippen LogP contribution is 2.28. The molecule has 0 spiro atoms. The molecule has 180 valence electrons. The first kappa shape index (κ1) is 23.6. The summed E-state index contributed by atoms with van der Waals surface area (Å²) in [6, 6.07) is 11.0. The van der Waals surface area contributed by atoms with Gasteiger partial charge in [0.25, 0.3) is 17.7 Å². The first-order valence-corrected chi connectivity index (χ1v) is 10.8. The molecule has 2 N–H and O–H groups in total. The highest BCUT2D eigenvalue weighted by Gasteiger charge is 2.30. The number of benzene rings is 2. The summed E-state index contributed by atoms with van der Waals surface area (Å²) in [6.45, 7) is 1.41. The highest BCUT2D eigenvalue weighted by atomic mass is 16.4. The normalized spacial score (nSPS) is 15.7. The van der Waals surface area contributed by atoms with Crippen molar-refractivity contribution in [3.05, 3.63) is 53.6 Å². The van der Waals surface area contributed by atoms with Gasteiger partial charge in [0.05, 0.1) is 29.8 Å². The lowest BCUT2D eigenvalue weighted by molar-refractivity contribution is -0.137. The van der Waals surface area contributed by atoms with Gasteiger partial charge in [0, 0.05) is 30.6 Å². The zero-order chi connectivity index (χ0) is 25.3. The number of hydrogen-bond acceptors (Lipinski definition) is 6. The fraction of sp³-hybridized carbons (Fsp3) is 0.250. The van der Waals surface area contributed by atoms with Crippen molar-refractivity contribution in [3.8, 4) is 0 Å². The SMILES string of the molecule is CC1=NN(c2ccc(C(=O)Nc3ccc4c(c3)C(=O)N(CCC(=O)O)CC(=O)N4C)cc2)C(=O)C1. The van der Waals surface area contributed by atoms with E-state index < -0.39 is 17.8 Å². The summed E-state index contributed by atoms with van der Waals surface area (Å²) in [4.78, 5) is 63.8. The van der Waals surface area contributed by atoms with E-state index in [0.29, 0.717) is 28.3 Å². The van der Waals surface area contributed by atoms with Crippen molar-refractivity contribution in [1.29, 1.82) is 0 Å². The molecule has 0 saturated heterocycles. The van der Waals surface area contributed by atoms with Crippen molar-refractivity contribution >= 4 is 52.4 Å². The third kappa shape index (κ3) is 4.88. The summed E-state index contributed by atoms with van der Waals surface area (Å²) in [5.74, 6) is -2.50. The molecule has 2 heterocycles. The Balaban J connectivity index is 1.54. The van der Waals surface area contributed by atoms with Gasteiger partial charge in [-0.3, -0.25) is 24.0 Å². The maximum atomic E-state index is 13.1. The van der Waals surface area contributed by atoms with Crippen LogP contribution in [0.25, 0.3) is 0 Å². The summed E-state index contributed by atoms with van der Waals surface area (Å²) in [7, 11) is 1.53. The number of carboxylic acid groups (broad SMARTS) is 1. The first-order valence-electron chi connectivity index (χ1n) is 10.8. The lowest BCUT2D eigenvalue weighted by Gasteiger charge is -2.19. The molecule has 0 radical (unpaired) electrons. The molecule has 2 aromatic rings. The topological polar surface area (TPSA) is 140 Å². The van der Waals surface area contributed by atoms with E-state index in [9.17, 15) is 24.0 Å². The maximum Gasteiger partial charge on any atom is 0.305 e. The van der Waals surface area contributed by atoms with Gasteiger partial charge >= 0.3 is 5.97 Å². The fourth-order valence-electron chi connectivity index (χ4n) is 3.85. The molecule has 0 atom stereocenters. The van der Waals surface area contributed by atoms with Gasteiger partial charge in [-0.15, -0.1) is 0 Å². The van der Waals surface area contributed by atoms with Crippen LogP contribution in [-0.2, 0) is 14.4 Å². The fourth-order valence-corrected chi connectivity index (χ4v) is 3.85. The summed E-state index contributed by atoms with van der Waals surface area (Å²) >= 11 is 0. The van der Waals surface area contributed by atoms with Gasteiger partial charge in [-0.2, -0.15) is 5.10 Å². The minimum absolute atomic E-state index is 0.112. The van der Waals surface area contributed by atoms with Crippen LogP contribution in [0.5, 0.6) is 0 Å². The van der Waals surface area contributed by atoms with E-state index in [0.717, 1.165) is 0 Å². The van der Waals surface area contributed by atoms with Gasteiger partial charge in [-0.05, 0) is 49.4 Å². The number of fused-ring (bicyclic) bond motifs is 1. The molecule has 0 aromatic heterocycles. The Morgan fingerprint density at radius 3 is 2.40 bits per heavy atom. The summed E-state index contributed by atoms with van der Waals surface area (Å²) in [6.07, 6.45) is -0.0355. The number of rotatable bonds is 6. The van der Waals surface area contributed by atoms with E-state index in [1.165, 1.54) is 27.9 Å². The molecule has 0 bridgehead atoms. The van der Waals surface area contributed by atoms with Crippen molar-refractivity contribution in [1.82, 2.24) is 4.90 Å². The predicted molar refractivity (Wildman–Crippen MR) is 128 cm³/mol. The second-order valence-corrected chi connectivity index (χ2v) is 8.27. The van der Waals surface area contributed by atoms with Crippen LogP contribution in [0.15, 0.2) is 47.6 Å². The largest absolute Gasteiger partial charge is 0.481 e. The van der Waals surface area contributed by atoms with Gasteiger partial charge in [-0.1, -0.05) is 0 Å². The summed E-state index contributed by atoms with van der Waals surface area (Å²) < 4.78 is 0. The smallest absolute Gasteiger partial charge is 0.305 e. The van der Waals surface area contributed by atoms with Crippen LogP contribution in [0.2, 0.25) is 0 Å². The molecule has 4 amide bonds. The van der Waals surface area contributed by atoms with Gasteiger partial charge < -0.3 is 20.2 Å². The van der Waals surface area contributed by atoms with Crippen molar-refractivity contribution < 1.29 is 29.1 Å². The van der Waals surface area contributed by atoms with Gasteiger partial charge in [0.2, 0.25) is 5.91 Å². The predicted octanol–water partition coefficient (Wildman–Crippen LogP) is 1.94. The Morgan fingerprint density at radius 2 is 1.77 bits per heavy atom. The first-order chi connectivity index (χ1) is 16.6. The minimum atomic E-state index is -1.08. The number of anilines is 3. The number of carboxylic acids is 1. The number of nitrogens with zero attached hydrogens (tertiary/aromatic N) is 4. The van der Waals surface area contributed by atoms with Crippen LogP contribution >= 0.6 is 0 Å². The molecule has 0 aliphatic carbocycles. The summed E-state index contributed by atoms with van der Waals surface area (Å²) in [5, 5.41) is 17.2. The third-order valence-electron chi connectivity index (χ3n) is 5.72. The van der Waals surface area contributed by atoms with Crippen molar-refractivity contribution in [2.45, 2.75) is 19.8 Å². The van der Waals surface area contributed by atoms with Gasteiger partial charge in [0.1, 0.15) is 6.54 Å². The lowest BCUT2D eigenvalue weighted by atomic mass is 10.1. The number of aliphatic carboxylic acids is 1. The van der Waals surface area contributed by atoms with E-state index in [2.05, 4.69) is 10.4 Å². The summed E-state index contributed by atoms with van der Waals surface area (Å²) in [5.41, 5.74) is 2.47. The second-order valence-electron chi connectivity index (χ2n) is 8.27. The molecular formula is C24H23N5O6. The monoisotopic (exact) mass is 477 g/mol. The van der Waals surface area contributed by atoms with Crippen molar-refractivity contribution in [2.75, 3.05) is 35.4 Å². The molecule has 0 fully saturated rings. The number of nitrogens with one attached hydrogen (secondary N) is 1. The number of carbonyl (C=O) groups is 5. The van der Waals surface area contributed by atoms with Crippen LogP contribution in [-0.4, -0.2) is 65.5 Å². The molecule has 2 aliphatic rings. The number of amides is 4. The van der Waals surface area contributed by atoms with Crippen LogP contribution in [0.4, 0.5) is 17.1 Å².